The number of aliphatic hydroxyl groups is 1. The molecule has 0 aliphatic carbocycles. The lowest BCUT2D eigenvalue weighted by Crippen LogP contribution is -2.15. The third-order valence-corrected chi connectivity index (χ3v) is 2.38. The molecule has 0 atom stereocenters. The van der Waals surface area contributed by atoms with Gasteiger partial charge in [0, 0.05) is 11.6 Å². The number of hydrogen-bond donors (Lipinski definition) is 1. The van der Waals surface area contributed by atoms with E-state index >= 15 is 0 Å². The van der Waals surface area contributed by atoms with E-state index in [0.29, 0.717) is 29.4 Å². The fraction of sp³-hybridized carbons (Fsp3) is 0.417. The van der Waals surface area contributed by atoms with E-state index in [4.69, 9.17) is 18.9 Å². The highest BCUT2D eigenvalue weighted by Gasteiger charge is 2.18. The maximum Gasteiger partial charge on any atom is 0.344 e. The van der Waals surface area contributed by atoms with Crippen LogP contribution in [0.1, 0.15) is 12.5 Å². The smallest absolute Gasteiger partial charge is 0.344 e. The van der Waals surface area contributed by atoms with Crippen LogP contribution in [0.4, 0.5) is 0 Å². The number of carbonyl (C=O) groups excluding carboxylic acids is 1. The van der Waals surface area contributed by atoms with Crippen molar-refractivity contribution in [2.75, 3.05) is 20.0 Å². The molecule has 18 heavy (non-hydrogen) atoms. The molecule has 0 saturated carbocycles. The number of rotatable bonds is 5. The molecule has 0 spiro atoms. The fourth-order valence-corrected chi connectivity index (χ4v) is 1.56. The molecule has 98 valence electrons. The molecule has 1 heterocycles. The number of hydrogen-bond acceptors (Lipinski definition) is 6. The van der Waals surface area contributed by atoms with Gasteiger partial charge in [-0.1, -0.05) is 0 Å². The molecule has 6 nitrogen and oxygen atoms in total. The lowest BCUT2D eigenvalue weighted by molar-refractivity contribution is -0.145. The molecule has 1 aromatic rings. The summed E-state index contributed by atoms with van der Waals surface area (Å²) in [7, 11) is 0. The van der Waals surface area contributed by atoms with Crippen molar-refractivity contribution in [2.24, 2.45) is 0 Å². The Hall–Kier alpha value is -1.95. The summed E-state index contributed by atoms with van der Waals surface area (Å²) in [5.41, 5.74) is 0.531. The first kappa shape index (κ1) is 12.5. The summed E-state index contributed by atoms with van der Waals surface area (Å²) in [6.07, 6.45) is 0. The first-order chi connectivity index (χ1) is 8.74. The molecule has 1 aliphatic heterocycles. The van der Waals surface area contributed by atoms with Crippen LogP contribution in [0.3, 0.4) is 0 Å². The van der Waals surface area contributed by atoms with Crippen LogP contribution in [-0.4, -0.2) is 31.1 Å². The van der Waals surface area contributed by atoms with Gasteiger partial charge in [0.2, 0.25) is 6.79 Å². The summed E-state index contributed by atoms with van der Waals surface area (Å²) in [5, 5.41) is 9.23. The van der Waals surface area contributed by atoms with Gasteiger partial charge in [0.05, 0.1) is 13.2 Å². The van der Waals surface area contributed by atoms with Crippen LogP contribution in [-0.2, 0) is 16.1 Å². The van der Waals surface area contributed by atoms with Crippen LogP contribution >= 0.6 is 0 Å². The maximum atomic E-state index is 11.2. The Balaban J connectivity index is 2.09. The highest BCUT2D eigenvalue weighted by atomic mass is 16.7. The summed E-state index contributed by atoms with van der Waals surface area (Å²) in [6.45, 7) is 1.74. The number of esters is 1. The van der Waals surface area contributed by atoms with Gasteiger partial charge in [0.15, 0.2) is 18.1 Å². The summed E-state index contributed by atoms with van der Waals surface area (Å²) in [6, 6.07) is 3.22. The van der Waals surface area contributed by atoms with Crippen LogP contribution in [0.2, 0.25) is 0 Å². The minimum absolute atomic E-state index is 0.140. The zero-order chi connectivity index (χ0) is 13.0. The topological polar surface area (TPSA) is 74.2 Å². The van der Waals surface area contributed by atoms with Crippen molar-refractivity contribution in [1.82, 2.24) is 0 Å². The minimum atomic E-state index is -0.459. The van der Waals surface area contributed by atoms with E-state index in [0.717, 1.165) is 0 Å². The molecule has 1 aliphatic rings. The molecule has 0 saturated heterocycles. The van der Waals surface area contributed by atoms with E-state index in [1.165, 1.54) is 0 Å². The van der Waals surface area contributed by atoms with Gasteiger partial charge in [0.1, 0.15) is 5.75 Å². The number of carbonyl (C=O) groups is 1. The lowest BCUT2D eigenvalue weighted by Gasteiger charge is -2.10. The lowest BCUT2D eigenvalue weighted by atomic mass is 10.2. The van der Waals surface area contributed by atoms with Crippen LogP contribution in [0, 0.1) is 0 Å². The molecule has 1 N–H and O–H groups in total. The van der Waals surface area contributed by atoms with Crippen molar-refractivity contribution in [1.29, 1.82) is 0 Å². The predicted octanol–water partition coefficient (Wildman–Crippen LogP) is 0.849. The van der Waals surface area contributed by atoms with Crippen molar-refractivity contribution in [3.63, 3.8) is 0 Å². The molecular formula is C12H14O6. The van der Waals surface area contributed by atoms with E-state index in [1.807, 2.05) is 0 Å². The second-order valence-corrected chi connectivity index (χ2v) is 3.57. The van der Waals surface area contributed by atoms with Gasteiger partial charge in [-0.3, -0.25) is 0 Å². The van der Waals surface area contributed by atoms with Crippen LogP contribution in [0.15, 0.2) is 12.1 Å². The highest BCUT2D eigenvalue weighted by molar-refractivity contribution is 5.71. The molecule has 0 amide bonds. The zero-order valence-corrected chi connectivity index (χ0v) is 9.97. The predicted molar refractivity (Wildman–Crippen MR) is 60.6 cm³/mol. The van der Waals surface area contributed by atoms with Gasteiger partial charge < -0.3 is 24.1 Å². The monoisotopic (exact) mass is 254 g/mol. The molecule has 0 fully saturated rings. The molecule has 0 radical (unpaired) electrons. The highest BCUT2D eigenvalue weighted by Crippen LogP contribution is 2.38. The van der Waals surface area contributed by atoms with Gasteiger partial charge >= 0.3 is 5.97 Å². The summed E-state index contributed by atoms with van der Waals surface area (Å²) in [5.74, 6) is 1.02. The summed E-state index contributed by atoms with van der Waals surface area (Å²) < 4.78 is 20.4. The van der Waals surface area contributed by atoms with Gasteiger partial charge in [-0.15, -0.1) is 0 Å². The van der Waals surface area contributed by atoms with Crippen LogP contribution < -0.4 is 14.2 Å². The molecule has 2 rings (SSSR count). The fourth-order valence-electron chi connectivity index (χ4n) is 1.56. The Morgan fingerprint density at radius 2 is 2.11 bits per heavy atom. The molecule has 0 bridgehead atoms. The summed E-state index contributed by atoms with van der Waals surface area (Å²) >= 11 is 0. The van der Waals surface area contributed by atoms with E-state index in [9.17, 15) is 9.90 Å². The van der Waals surface area contributed by atoms with Crippen molar-refractivity contribution >= 4 is 5.97 Å². The largest absolute Gasteiger partial charge is 0.481 e. The maximum absolute atomic E-state index is 11.2. The van der Waals surface area contributed by atoms with Crippen LogP contribution in [0.25, 0.3) is 0 Å². The van der Waals surface area contributed by atoms with Gasteiger partial charge in [-0.05, 0) is 13.0 Å². The van der Waals surface area contributed by atoms with E-state index < -0.39 is 5.97 Å². The van der Waals surface area contributed by atoms with E-state index in [2.05, 4.69) is 0 Å². The minimum Gasteiger partial charge on any atom is -0.481 e. The van der Waals surface area contributed by atoms with Gasteiger partial charge in [0.25, 0.3) is 0 Å². The number of ether oxygens (including phenoxy) is 4. The third-order valence-electron chi connectivity index (χ3n) is 2.38. The Kier molecular flexibility index (Phi) is 3.88. The first-order valence-electron chi connectivity index (χ1n) is 5.56. The SMILES string of the molecule is CCOC(=O)COc1cc2c(cc1CO)OCO2. The van der Waals surface area contributed by atoms with Crippen LogP contribution in [0.5, 0.6) is 17.2 Å². The second-order valence-electron chi connectivity index (χ2n) is 3.57. The Morgan fingerprint density at radius 1 is 1.39 bits per heavy atom. The quantitative estimate of drug-likeness (QED) is 0.785. The number of fused-ring (bicyclic) bond motifs is 1. The van der Waals surface area contributed by atoms with Crippen molar-refractivity contribution < 1.29 is 28.8 Å². The average Bonchev–Trinajstić information content (AvgIpc) is 2.82. The zero-order valence-electron chi connectivity index (χ0n) is 9.97. The summed E-state index contributed by atoms with van der Waals surface area (Å²) in [4.78, 5) is 11.2. The van der Waals surface area contributed by atoms with Crippen molar-refractivity contribution in [3.8, 4) is 17.2 Å². The van der Waals surface area contributed by atoms with Crippen molar-refractivity contribution in [2.45, 2.75) is 13.5 Å². The van der Waals surface area contributed by atoms with Gasteiger partial charge in [-0.25, -0.2) is 4.79 Å². The molecule has 1 aromatic carbocycles. The first-order valence-corrected chi connectivity index (χ1v) is 5.56. The number of aliphatic hydroxyl groups excluding tert-OH is 1. The van der Waals surface area contributed by atoms with E-state index in [-0.39, 0.29) is 20.0 Å². The Morgan fingerprint density at radius 3 is 2.78 bits per heavy atom. The third kappa shape index (κ3) is 2.65. The normalized spacial score (nSPS) is 12.3. The van der Waals surface area contributed by atoms with E-state index in [1.54, 1.807) is 19.1 Å². The van der Waals surface area contributed by atoms with Crippen molar-refractivity contribution in [3.05, 3.63) is 17.7 Å². The Bertz CT molecular complexity index is 442. The molecule has 0 aromatic heterocycles. The average molecular weight is 254 g/mol. The molecular weight excluding hydrogens is 240 g/mol. The second kappa shape index (κ2) is 5.59. The Labute approximate surface area is 104 Å². The number of benzene rings is 1. The molecule has 0 unspecified atom stereocenters. The van der Waals surface area contributed by atoms with Gasteiger partial charge in [-0.2, -0.15) is 0 Å². The standard InChI is InChI=1S/C12H14O6/c1-2-15-12(14)6-16-9-4-11-10(17-7-18-11)3-8(9)5-13/h3-4,13H,2,5-7H2,1H3. The molecule has 6 heteroatoms.